The van der Waals surface area contributed by atoms with E-state index in [1.165, 1.54) is 0 Å². The first-order valence-corrected chi connectivity index (χ1v) is 9.58. The number of hydrogen-bond donors (Lipinski definition) is 0. The van der Waals surface area contributed by atoms with E-state index in [2.05, 4.69) is 10.2 Å². The van der Waals surface area contributed by atoms with Gasteiger partial charge >= 0.3 is 0 Å². The Hall–Kier alpha value is -2.74. The molecule has 1 aliphatic carbocycles. The Kier molecular flexibility index (Phi) is 5.13. The van der Waals surface area contributed by atoms with Crippen molar-refractivity contribution in [3.63, 3.8) is 0 Å². The third kappa shape index (κ3) is 3.77. The highest BCUT2D eigenvalue weighted by Crippen LogP contribution is 2.32. The van der Waals surface area contributed by atoms with Gasteiger partial charge in [0.15, 0.2) is 0 Å². The van der Waals surface area contributed by atoms with E-state index in [1.807, 2.05) is 37.1 Å². The summed E-state index contributed by atoms with van der Waals surface area (Å²) < 4.78 is 14.9. The summed E-state index contributed by atoms with van der Waals surface area (Å²) in [5.41, 5.74) is 2.48. The molecule has 8 nitrogen and oxygen atoms in total. The number of ether oxygens (including phenoxy) is 2. The van der Waals surface area contributed by atoms with E-state index >= 15 is 0 Å². The van der Waals surface area contributed by atoms with Crippen LogP contribution in [0.4, 0.5) is 0 Å². The molecular weight excluding hydrogens is 358 g/mol. The van der Waals surface area contributed by atoms with Crippen molar-refractivity contribution in [1.82, 2.24) is 24.5 Å². The Labute approximate surface area is 163 Å². The maximum absolute atomic E-state index is 11.6. The summed E-state index contributed by atoms with van der Waals surface area (Å²) in [4.78, 5) is 16.4. The molecule has 3 aromatic heterocycles. The van der Waals surface area contributed by atoms with Crippen molar-refractivity contribution >= 4 is 16.7 Å². The number of carbonyl (C=O) groups excluding carboxylic acids is 1. The summed E-state index contributed by atoms with van der Waals surface area (Å²) >= 11 is 0. The quantitative estimate of drug-likeness (QED) is 0.624. The van der Waals surface area contributed by atoms with Gasteiger partial charge in [-0.1, -0.05) is 0 Å². The summed E-state index contributed by atoms with van der Waals surface area (Å²) in [6, 6.07) is 1.95. The highest BCUT2D eigenvalue weighted by atomic mass is 16.5. The van der Waals surface area contributed by atoms with Gasteiger partial charge in [-0.15, -0.1) is 0 Å². The summed E-state index contributed by atoms with van der Waals surface area (Å²) in [7, 11) is 3.55. The average molecular weight is 383 g/mol. The van der Waals surface area contributed by atoms with Crippen molar-refractivity contribution in [2.45, 2.75) is 38.8 Å². The molecule has 0 aliphatic heterocycles. The van der Waals surface area contributed by atoms with Crippen LogP contribution in [0, 0.1) is 5.92 Å². The highest BCUT2D eigenvalue weighted by Gasteiger charge is 2.29. The number of fused-ring (bicyclic) bond motifs is 1. The van der Waals surface area contributed by atoms with Crippen molar-refractivity contribution in [2.24, 2.45) is 13.0 Å². The normalized spacial score (nSPS) is 18.1. The van der Waals surface area contributed by atoms with Crippen molar-refractivity contribution in [1.29, 1.82) is 0 Å². The summed E-state index contributed by atoms with van der Waals surface area (Å²) in [5.74, 6) is 1.11. The molecule has 1 fully saturated rings. The third-order valence-electron chi connectivity index (χ3n) is 5.28. The van der Waals surface area contributed by atoms with Crippen LogP contribution < -0.4 is 4.74 Å². The fourth-order valence-electron chi connectivity index (χ4n) is 3.67. The molecule has 0 spiro atoms. The van der Waals surface area contributed by atoms with Crippen LogP contribution in [0.25, 0.3) is 22.2 Å². The molecule has 28 heavy (non-hydrogen) atoms. The monoisotopic (exact) mass is 383 g/mol. The number of methoxy groups -OCH3 is 1. The van der Waals surface area contributed by atoms with Crippen LogP contribution >= 0.6 is 0 Å². The molecule has 3 heterocycles. The average Bonchev–Trinajstić information content (AvgIpc) is 3.38. The molecule has 0 bridgehead atoms. The van der Waals surface area contributed by atoms with Gasteiger partial charge in [-0.2, -0.15) is 10.2 Å². The van der Waals surface area contributed by atoms with Crippen LogP contribution in [-0.4, -0.2) is 50.1 Å². The maximum Gasteiger partial charge on any atom is 0.225 e. The fraction of sp³-hybridized carbons (Fsp3) is 0.500. The lowest BCUT2D eigenvalue weighted by Gasteiger charge is -2.20. The van der Waals surface area contributed by atoms with Gasteiger partial charge in [0.05, 0.1) is 35.9 Å². The number of aromatic nitrogens is 5. The molecule has 0 unspecified atom stereocenters. The number of rotatable bonds is 7. The van der Waals surface area contributed by atoms with E-state index in [9.17, 15) is 4.79 Å². The lowest BCUT2D eigenvalue weighted by Crippen LogP contribution is -2.22. The predicted molar refractivity (Wildman–Crippen MR) is 104 cm³/mol. The molecule has 0 aromatic carbocycles. The number of Topliss-reactive ketones (excluding diaryl/α,β-unsaturated/α-hetero) is 1. The fourth-order valence-corrected chi connectivity index (χ4v) is 3.67. The number of ketones is 1. The van der Waals surface area contributed by atoms with E-state index in [-0.39, 0.29) is 12.0 Å². The van der Waals surface area contributed by atoms with E-state index in [4.69, 9.17) is 14.5 Å². The first-order valence-electron chi connectivity index (χ1n) is 9.58. The Morgan fingerprint density at radius 3 is 2.96 bits per heavy atom. The van der Waals surface area contributed by atoms with Crippen molar-refractivity contribution < 1.29 is 14.3 Å². The van der Waals surface area contributed by atoms with E-state index < -0.39 is 0 Å². The number of hydrogen-bond acceptors (Lipinski definition) is 6. The van der Waals surface area contributed by atoms with Crippen LogP contribution in [0.1, 0.15) is 26.2 Å². The van der Waals surface area contributed by atoms with Crippen LogP contribution in [0.5, 0.6) is 5.88 Å². The van der Waals surface area contributed by atoms with Gasteiger partial charge < -0.3 is 9.47 Å². The first-order chi connectivity index (χ1) is 13.5. The minimum Gasteiger partial charge on any atom is -0.474 e. The maximum atomic E-state index is 11.6. The van der Waals surface area contributed by atoms with Crippen molar-refractivity contribution in [2.75, 3.05) is 13.7 Å². The van der Waals surface area contributed by atoms with Gasteiger partial charge in [0.2, 0.25) is 5.88 Å². The SMILES string of the molecule is COCCn1cc(-c2cc3nn(C)cc3c(O[C@H](C)[C@H]3CCC(=O)C3)n2)cn1. The van der Waals surface area contributed by atoms with Crippen molar-refractivity contribution in [3.8, 4) is 17.1 Å². The van der Waals surface area contributed by atoms with Gasteiger partial charge in [-0.3, -0.25) is 14.2 Å². The van der Waals surface area contributed by atoms with Gasteiger partial charge in [-0.25, -0.2) is 4.98 Å². The Morgan fingerprint density at radius 1 is 1.36 bits per heavy atom. The molecule has 0 amide bonds. The smallest absolute Gasteiger partial charge is 0.225 e. The molecule has 1 saturated carbocycles. The molecule has 0 saturated heterocycles. The first kappa shape index (κ1) is 18.6. The van der Waals surface area contributed by atoms with Crippen LogP contribution in [0.3, 0.4) is 0 Å². The Morgan fingerprint density at radius 2 is 2.21 bits per heavy atom. The summed E-state index contributed by atoms with van der Waals surface area (Å²) in [6.07, 6.45) is 7.67. The zero-order chi connectivity index (χ0) is 19.7. The molecule has 0 radical (unpaired) electrons. The van der Waals surface area contributed by atoms with E-state index in [0.717, 1.165) is 28.6 Å². The number of carbonyl (C=O) groups is 1. The Balaban J connectivity index is 1.65. The van der Waals surface area contributed by atoms with Crippen LogP contribution in [0.15, 0.2) is 24.7 Å². The topological polar surface area (TPSA) is 84.1 Å². The lowest BCUT2D eigenvalue weighted by molar-refractivity contribution is -0.117. The second-order valence-electron chi connectivity index (χ2n) is 7.40. The second kappa shape index (κ2) is 7.71. The zero-order valence-corrected chi connectivity index (χ0v) is 16.5. The summed E-state index contributed by atoms with van der Waals surface area (Å²) in [6.45, 7) is 3.29. The number of nitrogens with zero attached hydrogens (tertiary/aromatic N) is 5. The number of pyridine rings is 1. The highest BCUT2D eigenvalue weighted by molar-refractivity contribution is 5.86. The van der Waals surface area contributed by atoms with E-state index in [0.29, 0.717) is 37.7 Å². The largest absolute Gasteiger partial charge is 0.474 e. The Bertz CT molecular complexity index is 993. The van der Waals surface area contributed by atoms with Gasteiger partial charge in [0, 0.05) is 50.9 Å². The molecular formula is C20H25N5O3. The molecule has 3 aromatic rings. The third-order valence-corrected chi connectivity index (χ3v) is 5.28. The lowest BCUT2D eigenvalue weighted by atomic mass is 10.0. The molecule has 148 valence electrons. The predicted octanol–water partition coefficient (Wildman–Crippen LogP) is 2.61. The zero-order valence-electron chi connectivity index (χ0n) is 16.5. The molecule has 4 rings (SSSR count). The van der Waals surface area contributed by atoms with Gasteiger partial charge in [0.1, 0.15) is 11.9 Å². The minimum atomic E-state index is -0.0815. The molecule has 2 atom stereocenters. The molecule has 8 heteroatoms. The number of aryl methyl sites for hydroxylation is 1. The minimum absolute atomic E-state index is 0.0815. The van der Waals surface area contributed by atoms with Crippen LogP contribution in [0.2, 0.25) is 0 Å². The summed E-state index contributed by atoms with van der Waals surface area (Å²) in [5, 5.41) is 9.77. The van der Waals surface area contributed by atoms with E-state index in [1.54, 1.807) is 18.0 Å². The standard InChI is InChI=1S/C20H25N5O3/c1-13(14-4-5-16(26)8-14)28-20-17-12-24(2)23-19(17)9-18(22-20)15-10-21-25(11-15)6-7-27-3/h9-14H,4-8H2,1-3H3/t13-,14+/m1/s1. The second-order valence-corrected chi connectivity index (χ2v) is 7.40. The van der Waals surface area contributed by atoms with Gasteiger partial charge in [-0.05, 0) is 19.4 Å². The van der Waals surface area contributed by atoms with Crippen molar-refractivity contribution in [3.05, 3.63) is 24.7 Å². The molecule has 0 N–H and O–H groups in total. The van der Waals surface area contributed by atoms with Gasteiger partial charge in [0.25, 0.3) is 0 Å². The molecule has 1 aliphatic rings. The van der Waals surface area contributed by atoms with Crippen LogP contribution in [-0.2, 0) is 23.1 Å².